The summed E-state index contributed by atoms with van der Waals surface area (Å²) in [5, 5.41) is 0. The number of aliphatic imine (C=N–C) groups is 1. The maximum atomic E-state index is 13.4. The van der Waals surface area contributed by atoms with Gasteiger partial charge in [-0.1, -0.05) is 19.8 Å². The molecule has 0 aromatic carbocycles. The molecule has 31 heavy (non-hydrogen) atoms. The second-order valence-electron chi connectivity index (χ2n) is 9.62. The lowest BCUT2D eigenvalue weighted by Crippen LogP contribution is -2.66. The summed E-state index contributed by atoms with van der Waals surface area (Å²) in [6, 6.07) is -1.16. The minimum absolute atomic E-state index is 0.0799. The molecule has 2 atom stereocenters. The third-order valence-corrected chi connectivity index (χ3v) is 6.14. The van der Waals surface area contributed by atoms with E-state index in [0.29, 0.717) is 13.0 Å². The number of hydrogen-bond acceptors (Lipinski definition) is 6. The molecule has 9 heteroatoms. The average molecular weight is 439 g/mol. The highest BCUT2D eigenvalue weighted by molar-refractivity contribution is 6.04. The minimum atomic E-state index is -0.743. The zero-order valence-electron chi connectivity index (χ0n) is 19.1. The molecule has 0 bridgehead atoms. The van der Waals surface area contributed by atoms with Gasteiger partial charge in [0.25, 0.3) is 5.91 Å². The van der Waals surface area contributed by atoms with E-state index in [-0.39, 0.29) is 37.5 Å². The summed E-state index contributed by atoms with van der Waals surface area (Å²) in [6.07, 6.45) is 4.17. The van der Waals surface area contributed by atoms with Crippen LogP contribution >= 0.6 is 0 Å². The standard InChI is InChI=1S/C22H35FN4O4/c1-5-12-26-19(28)16-18(25(21(26)30)13-8-11-23)24-17(15-9-6-7-10-15)27(16)14-31-20(29)22(2,3)4/h15-16,18H,5-14H2,1-4H3. The van der Waals surface area contributed by atoms with Crippen LogP contribution in [0, 0.1) is 11.3 Å². The lowest BCUT2D eigenvalue weighted by atomic mass is 9.97. The highest BCUT2D eigenvalue weighted by Crippen LogP contribution is 2.36. The quantitative estimate of drug-likeness (QED) is 0.544. The molecule has 8 nitrogen and oxygen atoms in total. The SMILES string of the molecule is CCCN1C(=O)C2C(N=C(C3CCCC3)N2COC(=O)C(C)(C)C)N(CCCF)C1=O. The van der Waals surface area contributed by atoms with Crippen molar-refractivity contribution in [1.29, 1.82) is 0 Å². The lowest BCUT2D eigenvalue weighted by Gasteiger charge is -2.43. The molecule has 2 unspecified atom stereocenters. The van der Waals surface area contributed by atoms with E-state index in [1.165, 1.54) is 9.80 Å². The minimum Gasteiger partial charge on any atom is -0.444 e. The summed E-state index contributed by atoms with van der Waals surface area (Å²) in [4.78, 5) is 48.2. The van der Waals surface area contributed by atoms with E-state index in [1.807, 2.05) is 6.92 Å². The van der Waals surface area contributed by atoms with Crippen molar-refractivity contribution in [2.45, 2.75) is 78.4 Å². The van der Waals surface area contributed by atoms with E-state index in [2.05, 4.69) is 0 Å². The summed E-state index contributed by atoms with van der Waals surface area (Å²) >= 11 is 0. The second-order valence-corrected chi connectivity index (χ2v) is 9.62. The van der Waals surface area contributed by atoms with Crippen LogP contribution in [0.2, 0.25) is 0 Å². The van der Waals surface area contributed by atoms with Crippen molar-refractivity contribution < 1.29 is 23.5 Å². The topological polar surface area (TPSA) is 82.5 Å². The van der Waals surface area contributed by atoms with Gasteiger partial charge in [0.05, 0.1) is 12.1 Å². The molecule has 1 saturated heterocycles. The fourth-order valence-corrected chi connectivity index (χ4v) is 4.51. The summed E-state index contributed by atoms with van der Waals surface area (Å²) in [5.74, 6) is 0.223. The van der Waals surface area contributed by atoms with E-state index in [1.54, 1.807) is 25.7 Å². The monoisotopic (exact) mass is 438 g/mol. The Bertz CT molecular complexity index is 730. The third kappa shape index (κ3) is 4.70. The smallest absolute Gasteiger partial charge is 0.328 e. The Labute approximate surface area is 183 Å². The van der Waals surface area contributed by atoms with Crippen molar-refractivity contribution in [1.82, 2.24) is 14.7 Å². The third-order valence-electron chi connectivity index (χ3n) is 6.14. The Morgan fingerprint density at radius 2 is 1.84 bits per heavy atom. The zero-order valence-corrected chi connectivity index (χ0v) is 19.1. The number of carbonyl (C=O) groups is 3. The van der Waals surface area contributed by atoms with Crippen molar-refractivity contribution in [2.24, 2.45) is 16.3 Å². The molecule has 0 aromatic heterocycles. The highest BCUT2D eigenvalue weighted by atomic mass is 19.1. The van der Waals surface area contributed by atoms with Gasteiger partial charge >= 0.3 is 12.0 Å². The molecule has 0 spiro atoms. The first-order valence-corrected chi connectivity index (χ1v) is 11.4. The van der Waals surface area contributed by atoms with Crippen LogP contribution in [-0.2, 0) is 14.3 Å². The van der Waals surface area contributed by atoms with Crippen molar-refractivity contribution >= 4 is 23.7 Å². The first-order chi connectivity index (χ1) is 14.7. The molecule has 174 valence electrons. The molecule has 0 radical (unpaired) electrons. The van der Waals surface area contributed by atoms with E-state index in [9.17, 15) is 18.8 Å². The molecule has 3 aliphatic rings. The molecule has 0 aromatic rings. The molecule has 1 aliphatic carbocycles. The number of hydrogen-bond donors (Lipinski definition) is 0. The van der Waals surface area contributed by atoms with Gasteiger partial charge in [-0.3, -0.25) is 23.8 Å². The van der Waals surface area contributed by atoms with Crippen molar-refractivity contribution in [3.63, 3.8) is 0 Å². The van der Waals surface area contributed by atoms with Gasteiger partial charge in [0, 0.05) is 19.0 Å². The molecule has 0 N–H and O–H groups in total. The van der Waals surface area contributed by atoms with Gasteiger partial charge in [0.2, 0.25) is 0 Å². The Morgan fingerprint density at radius 1 is 1.16 bits per heavy atom. The van der Waals surface area contributed by atoms with E-state index >= 15 is 0 Å². The van der Waals surface area contributed by atoms with Gasteiger partial charge < -0.3 is 9.64 Å². The first kappa shape index (κ1) is 23.5. The molecule has 2 fully saturated rings. The van der Waals surface area contributed by atoms with Gasteiger partial charge in [-0.15, -0.1) is 0 Å². The molecule has 2 aliphatic heterocycles. The lowest BCUT2D eigenvalue weighted by molar-refractivity contribution is -0.159. The van der Waals surface area contributed by atoms with Crippen LogP contribution in [0.3, 0.4) is 0 Å². The number of amides is 3. The Balaban J connectivity index is 1.93. The number of esters is 1. The zero-order chi connectivity index (χ0) is 22.8. The molecule has 3 amide bonds. The van der Waals surface area contributed by atoms with Crippen molar-refractivity contribution in [2.75, 3.05) is 26.5 Å². The van der Waals surface area contributed by atoms with Crippen LogP contribution in [0.4, 0.5) is 9.18 Å². The van der Waals surface area contributed by atoms with E-state index in [4.69, 9.17) is 9.73 Å². The number of halogens is 1. The number of nitrogens with zero attached hydrogens (tertiary/aromatic N) is 4. The van der Waals surface area contributed by atoms with Gasteiger partial charge in [0.1, 0.15) is 5.84 Å². The van der Waals surface area contributed by atoms with Crippen LogP contribution in [0.5, 0.6) is 0 Å². The average Bonchev–Trinajstić information content (AvgIpc) is 3.36. The highest BCUT2D eigenvalue weighted by Gasteiger charge is 2.54. The largest absolute Gasteiger partial charge is 0.444 e. The number of carbonyl (C=O) groups excluding carboxylic acids is 3. The van der Waals surface area contributed by atoms with Crippen LogP contribution in [0.15, 0.2) is 4.99 Å². The molecule has 2 heterocycles. The number of alkyl halides is 1. The Hall–Kier alpha value is -2.19. The number of urea groups is 1. The van der Waals surface area contributed by atoms with Crippen LogP contribution in [-0.4, -0.2) is 77.1 Å². The number of ether oxygens (including phenoxy) is 1. The van der Waals surface area contributed by atoms with Gasteiger partial charge in [-0.25, -0.2) is 9.79 Å². The van der Waals surface area contributed by atoms with Gasteiger partial charge in [-0.05, 0) is 46.5 Å². The predicted molar refractivity (Wildman–Crippen MR) is 114 cm³/mol. The normalized spacial score (nSPS) is 24.7. The van der Waals surface area contributed by atoms with E-state index in [0.717, 1.165) is 31.5 Å². The molecular weight excluding hydrogens is 403 g/mol. The summed E-state index contributed by atoms with van der Waals surface area (Å²) in [6.45, 7) is 7.10. The molecule has 1 saturated carbocycles. The number of rotatable bonds is 8. The fourth-order valence-electron chi connectivity index (χ4n) is 4.51. The van der Waals surface area contributed by atoms with Crippen LogP contribution in [0.25, 0.3) is 0 Å². The van der Waals surface area contributed by atoms with Crippen LogP contribution < -0.4 is 0 Å². The number of amidine groups is 1. The maximum Gasteiger partial charge on any atom is 0.328 e. The second kappa shape index (κ2) is 9.53. The van der Waals surface area contributed by atoms with Gasteiger partial charge in [-0.2, -0.15) is 0 Å². The van der Waals surface area contributed by atoms with Crippen molar-refractivity contribution in [3.05, 3.63) is 0 Å². The summed E-state index contributed by atoms with van der Waals surface area (Å²) in [7, 11) is 0. The maximum absolute atomic E-state index is 13.4. The van der Waals surface area contributed by atoms with Crippen molar-refractivity contribution in [3.8, 4) is 0 Å². The Morgan fingerprint density at radius 3 is 2.42 bits per heavy atom. The number of fused-ring (bicyclic) bond motifs is 1. The fraction of sp³-hybridized carbons (Fsp3) is 0.818. The van der Waals surface area contributed by atoms with Crippen LogP contribution in [0.1, 0.15) is 66.2 Å². The molecule has 3 rings (SSSR count). The predicted octanol–water partition coefficient (Wildman–Crippen LogP) is 3.17. The summed E-state index contributed by atoms with van der Waals surface area (Å²) < 4.78 is 18.5. The summed E-state index contributed by atoms with van der Waals surface area (Å²) in [5.41, 5.74) is -0.669. The molecular formula is C22H35FN4O4. The van der Waals surface area contributed by atoms with E-state index < -0.39 is 30.3 Å². The number of imide groups is 1. The first-order valence-electron chi connectivity index (χ1n) is 11.4. The van der Waals surface area contributed by atoms with Gasteiger partial charge in [0.15, 0.2) is 18.9 Å². The Kier molecular flexibility index (Phi) is 7.21.